The molecule has 2 aromatic carbocycles. The van der Waals surface area contributed by atoms with E-state index >= 15 is 0 Å². The lowest BCUT2D eigenvalue weighted by atomic mass is 10.0. The first-order valence-corrected chi connectivity index (χ1v) is 12.0. The SMILES string of the molecule is CS(=O)(=O)Nc1cc(-c2ccc3ncc(C#N)c(NCc4ccccc4O)c3c2)cnc1Cl. The third kappa shape index (κ3) is 4.98. The van der Waals surface area contributed by atoms with E-state index in [9.17, 15) is 18.8 Å². The minimum atomic E-state index is -3.54. The molecule has 0 radical (unpaired) electrons. The third-order valence-corrected chi connectivity index (χ3v) is 5.80. The molecule has 0 atom stereocenters. The molecule has 0 aliphatic rings. The fourth-order valence-electron chi connectivity index (χ4n) is 3.37. The predicted octanol–water partition coefficient (Wildman–Crippen LogP) is 4.51. The van der Waals surface area contributed by atoms with Gasteiger partial charge in [-0.3, -0.25) is 9.71 Å². The van der Waals surface area contributed by atoms with Gasteiger partial charge in [-0.25, -0.2) is 13.4 Å². The second-order valence-electron chi connectivity index (χ2n) is 7.31. The molecule has 2 heterocycles. The van der Waals surface area contributed by atoms with Crippen molar-refractivity contribution in [3.63, 3.8) is 0 Å². The van der Waals surface area contributed by atoms with Crippen LogP contribution in [0.5, 0.6) is 5.75 Å². The monoisotopic (exact) mass is 479 g/mol. The summed E-state index contributed by atoms with van der Waals surface area (Å²) in [6.45, 7) is 0.301. The summed E-state index contributed by atoms with van der Waals surface area (Å²) in [5.41, 5.74) is 3.79. The lowest BCUT2D eigenvalue weighted by molar-refractivity contribution is 0.469. The summed E-state index contributed by atoms with van der Waals surface area (Å²) in [6.07, 6.45) is 4.06. The van der Waals surface area contributed by atoms with Crippen LogP contribution in [-0.2, 0) is 16.6 Å². The van der Waals surface area contributed by atoms with Crippen molar-refractivity contribution >= 4 is 43.9 Å². The number of benzene rings is 2. The third-order valence-electron chi connectivity index (χ3n) is 4.90. The largest absolute Gasteiger partial charge is 0.508 e. The minimum Gasteiger partial charge on any atom is -0.508 e. The molecule has 0 aliphatic carbocycles. The molecule has 2 aromatic heterocycles. The standard InChI is InChI=1S/C23H18ClN5O3S/c1-33(31,32)29-20-9-16(12-28-23(20)24)14-6-7-19-18(8-14)22(17(10-25)13-26-19)27-11-15-4-2-3-5-21(15)30/h2-9,12-13,29-30H,11H2,1H3,(H,26,27). The quantitative estimate of drug-likeness (QED) is 0.347. The van der Waals surface area contributed by atoms with Crippen LogP contribution in [0.15, 0.2) is 60.9 Å². The van der Waals surface area contributed by atoms with Gasteiger partial charge in [-0.05, 0) is 29.8 Å². The molecule has 4 aromatic rings. The molecule has 0 unspecified atom stereocenters. The number of nitrogens with one attached hydrogen (secondary N) is 2. The highest BCUT2D eigenvalue weighted by molar-refractivity contribution is 7.92. The Morgan fingerprint density at radius 3 is 2.61 bits per heavy atom. The van der Waals surface area contributed by atoms with Crippen LogP contribution in [0.25, 0.3) is 22.0 Å². The number of para-hydroxylation sites is 1. The zero-order valence-electron chi connectivity index (χ0n) is 17.4. The van der Waals surface area contributed by atoms with E-state index in [0.717, 1.165) is 11.8 Å². The Hall–Kier alpha value is -3.87. The van der Waals surface area contributed by atoms with Gasteiger partial charge < -0.3 is 10.4 Å². The van der Waals surface area contributed by atoms with Crippen LogP contribution in [0.1, 0.15) is 11.1 Å². The number of rotatable bonds is 6. The number of halogens is 1. The van der Waals surface area contributed by atoms with Crippen molar-refractivity contribution in [3.05, 3.63) is 77.2 Å². The molecule has 166 valence electrons. The van der Waals surface area contributed by atoms with Gasteiger partial charge in [-0.2, -0.15) is 5.26 Å². The topological polar surface area (TPSA) is 128 Å². The van der Waals surface area contributed by atoms with Crippen molar-refractivity contribution in [3.8, 4) is 22.9 Å². The Labute approximate surface area is 195 Å². The predicted molar refractivity (Wildman–Crippen MR) is 129 cm³/mol. The summed E-state index contributed by atoms with van der Waals surface area (Å²) in [7, 11) is -3.54. The molecule has 0 spiro atoms. The van der Waals surface area contributed by atoms with Gasteiger partial charge in [0.15, 0.2) is 5.15 Å². The van der Waals surface area contributed by atoms with Crippen LogP contribution in [0, 0.1) is 11.3 Å². The molecule has 0 fully saturated rings. The number of nitrogens with zero attached hydrogens (tertiary/aromatic N) is 3. The lowest BCUT2D eigenvalue weighted by Gasteiger charge is -2.14. The average molecular weight is 480 g/mol. The lowest BCUT2D eigenvalue weighted by Crippen LogP contribution is -2.10. The van der Waals surface area contributed by atoms with E-state index in [-0.39, 0.29) is 16.6 Å². The molecule has 0 amide bonds. The number of phenols is 1. The van der Waals surface area contributed by atoms with Crippen molar-refractivity contribution in [2.75, 3.05) is 16.3 Å². The maximum Gasteiger partial charge on any atom is 0.229 e. The van der Waals surface area contributed by atoms with Gasteiger partial charge in [0.05, 0.1) is 28.7 Å². The smallest absolute Gasteiger partial charge is 0.229 e. The highest BCUT2D eigenvalue weighted by Crippen LogP contribution is 2.33. The van der Waals surface area contributed by atoms with Gasteiger partial charge in [-0.1, -0.05) is 35.9 Å². The van der Waals surface area contributed by atoms with E-state index in [1.807, 2.05) is 18.2 Å². The van der Waals surface area contributed by atoms with Crippen LogP contribution >= 0.6 is 11.6 Å². The fraction of sp³-hybridized carbons (Fsp3) is 0.0870. The molecule has 0 saturated carbocycles. The maximum absolute atomic E-state index is 11.6. The second kappa shape index (κ2) is 8.94. The number of aromatic nitrogens is 2. The molecular weight excluding hydrogens is 462 g/mol. The first-order chi connectivity index (χ1) is 15.7. The van der Waals surface area contributed by atoms with Crippen molar-refractivity contribution in [2.45, 2.75) is 6.54 Å². The van der Waals surface area contributed by atoms with Gasteiger partial charge in [0.2, 0.25) is 10.0 Å². The highest BCUT2D eigenvalue weighted by Gasteiger charge is 2.13. The zero-order chi connectivity index (χ0) is 23.6. The fourth-order valence-corrected chi connectivity index (χ4v) is 4.13. The number of sulfonamides is 1. The van der Waals surface area contributed by atoms with Gasteiger partial charge in [-0.15, -0.1) is 0 Å². The van der Waals surface area contributed by atoms with E-state index in [4.69, 9.17) is 11.6 Å². The van der Waals surface area contributed by atoms with Crippen molar-refractivity contribution in [2.24, 2.45) is 0 Å². The van der Waals surface area contributed by atoms with E-state index in [0.29, 0.717) is 39.8 Å². The number of hydrogen-bond donors (Lipinski definition) is 3. The average Bonchev–Trinajstić information content (AvgIpc) is 2.78. The van der Waals surface area contributed by atoms with Crippen LogP contribution in [0.4, 0.5) is 11.4 Å². The Morgan fingerprint density at radius 1 is 1.09 bits per heavy atom. The minimum absolute atomic E-state index is 0.0309. The first kappa shape index (κ1) is 22.3. The molecule has 0 aliphatic heterocycles. The number of pyridine rings is 2. The zero-order valence-corrected chi connectivity index (χ0v) is 18.9. The molecule has 0 bridgehead atoms. The number of nitriles is 1. The Morgan fingerprint density at radius 2 is 1.88 bits per heavy atom. The number of fused-ring (bicyclic) bond motifs is 1. The Kier molecular flexibility index (Phi) is 6.05. The Balaban J connectivity index is 1.78. The van der Waals surface area contributed by atoms with E-state index in [1.54, 1.807) is 30.3 Å². The number of aromatic hydroxyl groups is 1. The van der Waals surface area contributed by atoms with Gasteiger partial charge in [0.25, 0.3) is 0 Å². The molecule has 33 heavy (non-hydrogen) atoms. The van der Waals surface area contributed by atoms with Crippen molar-refractivity contribution in [1.82, 2.24) is 9.97 Å². The number of anilines is 2. The van der Waals surface area contributed by atoms with Crippen molar-refractivity contribution < 1.29 is 13.5 Å². The van der Waals surface area contributed by atoms with Crippen LogP contribution in [-0.4, -0.2) is 29.7 Å². The second-order valence-corrected chi connectivity index (χ2v) is 9.42. The normalized spacial score (nSPS) is 11.2. The summed E-state index contributed by atoms with van der Waals surface area (Å²) in [6, 6.07) is 16.1. The molecule has 0 saturated heterocycles. The van der Waals surface area contributed by atoms with E-state index in [1.165, 1.54) is 12.4 Å². The molecule has 4 rings (SSSR count). The van der Waals surface area contributed by atoms with Crippen LogP contribution < -0.4 is 10.0 Å². The Bertz CT molecular complexity index is 1520. The summed E-state index contributed by atoms with van der Waals surface area (Å²) in [4.78, 5) is 8.45. The van der Waals surface area contributed by atoms with Gasteiger partial charge in [0, 0.05) is 35.5 Å². The molecule has 3 N–H and O–H groups in total. The highest BCUT2D eigenvalue weighted by atomic mass is 35.5. The summed E-state index contributed by atoms with van der Waals surface area (Å²) in [5.74, 6) is 0.153. The van der Waals surface area contributed by atoms with Gasteiger partial charge in [0.1, 0.15) is 11.8 Å². The number of hydrogen-bond acceptors (Lipinski definition) is 7. The molecule has 8 nitrogen and oxygen atoms in total. The van der Waals surface area contributed by atoms with Crippen LogP contribution in [0.3, 0.4) is 0 Å². The molecular formula is C23H18ClN5O3S. The number of phenolic OH excluding ortho intramolecular Hbond substituents is 1. The van der Waals surface area contributed by atoms with Crippen molar-refractivity contribution in [1.29, 1.82) is 5.26 Å². The maximum atomic E-state index is 11.6. The summed E-state index contributed by atoms with van der Waals surface area (Å²) < 4.78 is 25.6. The first-order valence-electron chi connectivity index (χ1n) is 9.72. The summed E-state index contributed by atoms with van der Waals surface area (Å²) >= 11 is 6.05. The van der Waals surface area contributed by atoms with Crippen LogP contribution in [0.2, 0.25) is 5.15 Å². The van der Waals surface area contributed by atoms with E-state index < -0.39 is 10.0 Å². The van der Waals surface area contributed by atoms with E-state index in [2.05, 4.69) is 26.1 Å². The summed E-state index contributed by atoms with van der Waals surface area (Å²) in [5, 5.41) is 23.7. The van der Waals surface area contributed by atoms with Gasteiger partial charge >= 0.3 is 0 Å². The molecule has 10 heteroatoms.